The van der Waals surface area contributed by atoms with Crippen LogP contribution in [0.2, 0.25) is 0 Å². The van der Waals surface area contributed by atoms with Crippen LogP contribution in [0.3, 0.4) is 0 Å². The van der Waals surface area contributed by atoms with E-state index in [2.05, 4.69) is 12.2 Å². The van der Waals surface area contributed by atoms with Crippen LogP contribution in [0.1, 0.15) is 38.2 Å². The van der Waals surface area contributed by atoms with E-state index in [1.54, 1.807) is 32.4 Å². The molecule has 1 N–H and O–H groups in total. The van der Waals surface area contributed by atoms with E-state index in [-0.39, 0.29) is 5.91 Å². The first-order chi connectivity index (χ1) is 10.6. The van der Waals surface area contributed by atoms with Crippen molar-refractivity contribution in [3.63, 3.8) is 0 Å². The fourth-order valence-electron chi connectivity index (χ4n) is 2.86. The summed E-state index contributed by atoms with van der Waals surface area (Å²) >= 11 is 0. The highest BCUT2D eigenvalue weighted by atomic mass is 16.5. The van der Waals surface area contributed by atoms with Crippen molar-refractivity contribution >= 4 is 12.0 Å². The Morgan fingerprint density at radius 2 is 1.77 bits per heavy atom. The minimum atomic E-state index is -0.0412. The maximum atomic E-state index is 12.1. The van der Waals surface area contributed by atoms with Crippen molar-refractivity contribution in [3.05, 3.63) is 29.8 Å². The molecule has 1 aromatic carbocycles. The molecule has 0 heterocycles. The summed E-state index contributed by atoms with van der Waals surface area (Å²) in [6.07, 6.45) is 8.11. The van der Waals surface area contributed by atoms with Crippen LogP contribution in [0.4, 0.5) is 0 Å². The summed E-state index contributed by atoms with van der Waals surface area (Å²) in [4.78, 5) is 12.1. The van der Waals surface area contributed by atoms with Gasteiger partial charge in [-0.25, -0.2) is 0 Å². The molecule has 2 rings (SSSR count). The summed E-state index contributed by atoms with van der Waals surface area (Å²) in [6, 6.07) is 5.84. The summed E-state index contributed by atoms with van der Waals surface area (Å²) in [6.45, 7) is 2.21. The summed E-state index contributed by atoms with van der Waals surface area (Å²) in [5.74, 6) is 1.93. The number of methoxy groups -OCH3 is 2. The van der Waals surface area contributed by atoms with Crippen LogP contribution in [0.5, 0.6) is 11.5 Å². The average Bonchev–Trinajstić information content (AvgIpc) is 2.54. The van der Waals surface area contributed by atoms with E-state index in [0.717, 1.165) is 12.0 Å². The lowest BCUT2D eigenvalue weighted by Gasteiger charge is -2.29. The van der Waals surface area contributed by atoms with Gasteiger partial charge in [-0.05, 0) is 42.5 Å². The summed E-state index contributed by atoms with van der Waals surface area (Å²) in [5, 5.41) is 3.11. The number of amides is 1. The smallest absolute Gasteiger partial charge is 0.244 e. The molecule has 4 nitrogen and oxygen atoms in total. The van der Waals surface area contributed by atoms with Gasteiger partial charge >= 0.3 is 0 Å². The van der Waals surface area contributed by atoms with Crippen LogP contribution in [-0.4, -0.2) is 26.2 Å². The lowest BCUT2D eigenvalue weighted by molar-refractivity contribution is -0.117. The van der Waals surface area contributed by atoms with Gasteiger partial charge in [0.05, 0.1) is 14.2 Å². The molecule has 0 aromatic heterocycles. The second kappa shape index (κ2) is 7.87. The molecule has 0 spiro atoms. The molecule has 0 bridgehead atoms. The second-order valence-electron chi connectivity index (χ2n) is 5.86. The number of rotatable bonds is 5. The van der Waals surface area contributed by atoms with E-state index < -0.39 is 0 Å². The minimum absolute atomic E-state index is 0.0412. The molecule has 0 saturated heterocycles. The molecule has 22 heavy (non-hydrogen) atoms. The highest BCUT2D eigenvalue weighted by Crippen LogP contribution is 2.24. The van der Waals surface area contributed by atoms with Crippen molar-refractivity contribution in [2.24, 2.45) is 5.92 Å². The van der Waals surface area contributed by atoms with Gasteiger partial charge in [-0.2, -0.15) is 0 Å². The lowest BCUT2D eigenvalue weighted by atomic mass is 9.86. The maximum Gasteiger partial charge on any atom is 0.244 e. The van der Waals surface area contributed by atoms with Crippen LogP contribution < -0.4 is 14.8 Å². The largest absolute Gasteiger partial charge is 0.497 e. The predicted molar refractivity (Wildman–Crippen MR) is 88.1 cm³/mol. The fourth-order valence-corrected chi connectivity index (χ4v) is 2.86. The Bertz CT molecular complexity index is 517. The van der Waals surface area contributed by atoms with Gasteiger partial charge in [0.2, 0.25) is 5.91 Å². The third-order valence-electron chi connectivity index (χ3n) is 4.24. The zero-order valence-electron chi connectivity index (χ0n) is 13.6. The molecule has 1 amide bonds. The number of carbonyl (C=O) groups excluding carboxylic acids is 1. The number of hydrogen-bond acceptors (Lipinski definition) is 3. The van der Waals surface area contributed by atoms with Gasteiger partial charge in [0.15, 0.2) is 0 Å². The monoisotopic (exact) mass is 303 g/mol. The quantitative estimate of drug-likeness (QED) is 0.848. The molecule has 1 fully saturated rings. The van der Waals surface area contributed by atoms with Crippen molar-refractivity contribution in [2.45, 2.75) is 38.6 Å². The van der Waals surface area contributed by atoms with Gasteiger partial charge in [0.1, 0.15) is 11.5 Å². The van der Waals surface area contributed by atoms with Crippen LogP contribution >= 0.6 is 0 Å². The lowest BCUT2D eigenvalue weighted by Crippen LogP contribution is -2.40. The number of nitrogens with one attached hydrogen (secondary N) is 1. The molecule has 2 atom stereocenters. The molecule has 1 aliphatic rings. The Labute approximate surface area is 132 Å². The SMILES string of the molecule is COc1cc(/C=C/C(=O)N[C@@H]2CCCC[C@H]2C)cc(OC)c1. The van der Waals surface area contributed by atoms with Gasteiger partial charge in [-0.1, -0.05) is 19.8 Å². The van der Waals surface area contributed by atoms with Gasteiger partial charge in [0.25, 0.3) is 0 Å². The van der Waals surface area contributed by atoms with Crippen LogP contribution in [-0.2, 0) is 4.79 Å². The summed E-state index contributed by atoms with van der Waals surface area (Å²) in [7, 11) is 3.22. The molecule has 120 valence electrons. The molecule has 1 aliphatic carbocycles. The van der Waals surface area contributed by atoms with E-state index in [0.29, 0.717) is 23.5 Å². The third-order valence-corrected chi connectivity index (χ3v) is 4.24. The molecular formula is C18H25NO3. The molecule has 1 saturated carbocycles. The maximum absolute atomic E-state index is 12.1. The first kappa shape index (κ1) is 16.4. The van der Waals surface area contributed by atoms with Crippen LogP contribution in [0.15, 0.2) is 24.3 Å². The molecule has 0 unspecified atom stereocenters. The van der Waals surface area contributed by atoms with Crippen LogP contribution in [0.25, 0.3) is 6.08 Å². The Morgan fingerprint density at radius 3 is 2.36 bits per heavy atom. The van der Waals surface area contributed by atoms with Gasteiger partial charge in [-0.3, -0.25) is 4.79 Å². The highest BCUT2D eigenvalue weighted by molar-refractivity contribution is 5.92. The Kier molecular flexibility index (Phi) is 5.87. The average molecular weight is 303 g/mol. The van der Waals surface area contributed by atoms with Crippen molar-refractivity contribution < 1.29 is 14.3 Å². The highest BCUT2D eigenvalue weighted by Gasteiger charge is 2.21. The number of carbonyl (C=O) groups is 1. The van der Waals surface area contributed by atoms with E-state index in [4.69, 9.17) is 9.47 Å². The zero-order chi connectivity index (χ0) is 15.9. The normalized spacial score (nSPS) is 21.6. The van der Waals surface area contributed by atoms with E-state index >= 15 is 0 Å². The molecule has 4 heteroatoms. The van der Waals surface area contributed by atoms with Gasteiger partial charge in [-0.15, -0.1) is 0 Å². The van der Waals surface area contributed by atoms with E-state index in [1.165, 1.54) is 19.3 Å². The Hall–Kier alpha value is -1.97. The van der Waals surface area contributed by atoms with Crippen LogP contribution in [0, 0.1) is 5.92 Å². The van der Waals surface area contributed by atoms with Crippen molar-refractivity contribution in [2.75, 3.05) is 14.2 Å². The topological polar surface area (TPSA) is 47.6 Å². The standard InChI is InChI=1S/C18H25NO3/c1-13-6-4-5-7-17(13)19-18(20)9-8-14-10-15(21-2)12-16(11-14)22-3/h8-13,17H,4-7H2,1-3H3,(H,19,20)/b9-8+/t13-,17-/m1/s1. The number of hydrogen-bond donors (Lipinski definition) is 1. The zero-order valence-corrected chi connectivity index (χ0v) is 13.6. The van der Waals surface area contributed by atoms with Gasteiger partial charge < -0.3 is 14.8 Å². The number of benzene rings is 1. The van der Waals surface area contributed by atoms with E-state index in [1.807, 2.05) is 12.1 Å². The van der Waals surface area contributed by atoms with Crippen molar-refractivity contribution in [1.29, 1.82) is 0 Å². The van der Waals surface area contributed by atoms with Crippen molar-refractivity contribution in [1.82, 2.24) is 5.32 Å². The van der Waals surface area contributed by atoms with E-state index in [9.17, 15) is 4.79 Å². The first-order valence-corrected chi connectivity index (χ1v) is 7.84. The molecule has 0 aliphatic heterocycles. The molecular weight excluding hydrogens is 278 g/mol. The molecule has 0 radical (unpaired) electrons. The minimum Gasteiger partial charge on any atom is -0.497 e. The number of ether oxygens (including phenoxy) is 2. The Morgan fingerprint density at radius 1 is 1.14 bits per heavy atom. The molecule has 1 aromatic rings. The second-order valence-corrected chi connectivity index (χ2v) is 5.86. The predicted octanol–water partition coefficient (Wildman–Crippen LogP) is 3.41. The summed E-state index contributed by atoms with van der Waals surface area (Å²) in [5.41, 5.74) is 0.878. The fraction of sp³-hybridized carbons (Fsp3) is 0.500. The third kappa shape index (κ3) is 4.52. The Balaban J connectivity index is 1.99. The summed E-state index contributed by atoms with van der Waals surface area (Å²) < 4.78 is 10.5. The van der Waals surface area contributed by atoms with Gasteiger partial charge in [0, 0.05) is 18.2 Å². The first-order valence-electron chi connectivity index (χ1n) is 7.84. The van der Waals surface area contributed by atoms with Crippen molar-refractivity contribution in [3.8, 4) is 11.5 Å².